The molecule has 2 aromatic rings. The Balaban J connectivity index is 2.38. The van der Waals surface area contributed by atoms with Gasteiger partial charge in [0.25, 0.3) is 0 Å². The lowest BCUT2D eigenvalue weighted by Gasteiger charge is -2.16. The number of aliphatic hydroxyl groups is 1. The minimum Gasteiger partial charge on any atom is -0.384 e. The largest absolute Gasteiger partial charge is 0.384 e. The first-order chi connectivity index (χ1) is 9.13. The molecule has 2 aromatic carbocycles. The summed E-state index contributed by atoms with van der Waals surface area (Å²) < 4.78 is 0. The normalized spacial score (nSPS) is 11.9. The Hall–Kier alpha value is -2.13. The second kappa shape index (κ2) is 5.67. The van der Waals surface area contributed by atoms with E-state index >= 15 is 0 Å². The van der Waals surface area contributed by atoms with Gasteiger partial charge in [0.05, 0.1) is 0 Å². The molecule has 0 spiro atoms. The van der Waals surface area contributed by atoms with Crippen LogP contribution in [0, 0.1) is 13.8 Å². The van der Waals surface area contributed by atoms with Gasteiger partial charge in [0.15, 0.2) is 0 Å². The second-order valence-electron chi connectivity index (χ2n) is 4.58. The predicted molar refractivity (Wildman–Crippen MR) is 76.1 cm³/mol. The zero-order valence-electron chi connectivity index (χ0n) is 11.1. The number of hydrogen-bond acceptors (Lipinski definition) is 2. The number of nitrogens with one attached hydrogen (secondary N) is 1. The zero-order chi connectivity index (χ0) is 13.8. The van der Waals surface area contributed by atoms with E-state index in [4.69, 9.17) is 0 Å². The molecule has 2 rings (SSSR count). The Morgan fingerprint density at radius 1 is 1.16 bits per heavy atom. The predicted octanol–water partition coefficient (Wildman–Crippen LogP) is 2.95. The van der Waals surface area contributed by atoms with Crippen molar-refractivity contribution in [3.8, 4) is 0 Å². The molecule has 1 amide bonds. The van der Waals surface area contributed by atoms with Gasteiger partial charge >= 0.3 is 0 Å². The quantitative estimate of drug-likeness (QED) is 0.825. The lowest BCUT2D eigenvalue weighted by atomic mass is 9.94. The SMILES string of the molecule is Cc1cccc(C(O)c2cccc(NC=O)c2)c1C. The monoisotopic (exact) mass is 255 g/mol. The maximum Gasteiger partial charge on any atom is 0.211 e. The van der Waals surface area contributed by atoms with Crippen LogP contribution in [0.5, 0.6) is 0 Å². The number of anilines is 1. The number of carbonyl (C=O) groups excluding carboxylic acids is 1. The summed E-state index contributed by atoms with van der Waals surface area (Å²) in [6.07, 6.45) is -0.0584. The Morgan fingerprint density at radius 3 is 2.63 bits per heavy atom. The van der Waals surface area contributed by atoms with Crippen molar-refractivity contribution in [3.63, 3.8) is 0 Å². The number of aryl methyl sites for hydroxylation is 1. The minimum absolute atomic E-state index is 0.628. The first-order valence-electron chi connectivity index (χ1n) is 6.18. The fraction of sp³-hybridized carbons (Fsp3) is 0.188. The molecule has 2 N–H and O–H groups in total. The topological polar surface area (TPSA) is 49.3 Å². The first-order valence-corrected chi connectivity index (χ1v) is 6.18. The molecular formula is C16H17NO2. The third-order valence-corrected chi connectivity index (χ3v) is 3.37. The van der Waals surface area contributed by atoms with Gasteiger partial charge in [0.2, 0.25) is 6.41 Å². The van der Waals surface area contributed by atoms with Crippen LogP contribution in [0.25, 0.3) is 0 Å². The smallest absolute Gasteiger partial charge is 0.211 e. The fourth-order valence-electron chi connectivity index (χ4n) is 2.12. The Morgan fingerprint density at radius 2 is 1.89 bits per heavy atom. The van der Waals surface area contributed by atoms with Crippen molar-refractivity contribution in [1.29, 1.82) is 0 Å². The second-order valence-corrected chi connectivity index (χ2v) is 4.58. The standard InChI is InChI=1S/C16H17NO2/c1-11-5-3-8-15(12(11)2)16(19)13-6-4-7-14(9-13)17-10-18/h3-10,16,19H,1-2H3,(H,17,18). The highest BCUT2D eigenvalue weighted by atomic mass is 16.3. The number of rotatable bonds is 4. The van der Waals surface area contributed by atoms with Gasteiger partial charge in [0.1, 0.15) is 6.10 Å². The van der Waals surface area contributed by atoms with E-state index in [-0.39, 0.29) is 0 Å². The van der Waals surface area contributed by atoms with Crippen molar-refractivity contribution in [3.05, 3.63) is 64.7 Å². The lowest BCUT2D eigenvalue weighted by Crippen LogP contribution is -2.04. The molecule has 0 aliphatic heterocycles. The van der Waals surface area contributed by atoms with E-state index in [9.17, 15) is 9.90 Å². The molecule has 0 saturated carbocycles. The first kappa shape index (κ1) is 13.3. The molecule has 0 heterocycles. The molecule has 0 aromatic heterocycles. The summed E-state index contributed by atoms with van der Waals surface area (Å²) >= 11 is 0. The third kappa shape index (κ3) is 2.83. The van der Waals surface area contributed by atoms with Crippen LogP contribution in [0.2, 0.25) is 0 Å². The van der Waals surface area contributed by atoms with Crippen LogP contribution < -0.4 is 5.32 Å². The van der Waals surface area contributed by atoms with E-state index in [0.29, 0.717) is 12.1 Å². The zero-order valence-corrected chi connectivity index (χ0v) is 11.1. The van der Waals surface area contributed by atoms with E-state index in [1.807, 2.05) is 44.2 Å². The van der Waals surface area contributed by atoms with Crippen molar-refractivity contribution >= 4 is 12.1 Å². The Bertz CT molecular complexity index is 593. The number of carbonyl (C=O) groups is 1. The third-order valence-electron chi connectivity index (χ3n) is 3.37. The van der Waals surface area contributed by atoms with Gasteiger partial charge in [-0.3, -0.25) is 4.79 Å². The molecule has 0 saturated heterocycles. The van der Waals surface area contributed by atoms with E-state index in [2.05, 4.69) is 5.32 Å². The van der Waals surface area contributed by atoms with Crippen molar-refractivity contribution < 1.29 is 9.90 Å². The van der Waals surface area contributed by atoms with Gasteiger partial charge in [-0.2, -0.15) is 0 Å². The van der Waals surface area contributed by atoms with Crippen LogP contribution in [0.4, 0.5) is 5.69 Å². The molecule has 3 nitrogen and oxygen atoms in total. The molecule has 0 aliphatic rings. The molecule has 1 unspecified atom stereocenters. The Labute approximate surface area is 112 Å². The number of benzene rings is 2. The van der Waals surface area contributed by atoms with Crippen molar-refractivity contribution in [1.82, 2.24) is 0 Å². The van der Waals surface area contributed by atoms with E-state index in [1.54, 1.807) is 12.1 Å². The van der Waals surface area contributed by atoms with Crippen LogP contribution in [0.1, 0.15) is 28.4 Å². The number of amides is 1. The van der Waals surface area contributed by atoms with Gasteiger partial charge in [0, 0.05) is 5.69 Å². The maximum absolute atomic E-state index is 10.5. The van der Waals surface area contributed by atoms with Gasteiger partial charge in [-0.05, 0) is 48.2 Å². The van der Waals surface area contributed by atoms with Crippen molar-refractivity contribution in [2.24, 2.45) is 0 Å². The molecule has 98 valence electrons. The molecule has 1 atom stereocenters. The number of hydrogen-bond donors (Lipinski definition) is 2. The summed E-state index contributed by atoms with van der Waals surface area (Å²) in [4.78, 5) is 10.5. The molecule has 0 aliphatic carbocycles. The van der Waals surface area contributed by atoms with Crippen LogP contribution in [0.15, 0.2) is 42.5 Å². The van der Waals surface area contributed by atoms with E-state index < -0.39 is 6.10 Å². The lowest BCUT2D eigenvalue weighted by molar-refractivity contribution is -0.105. The van der Waals surface area contributed by atoms with E-state index in [0.717, 1.165) is 22.3 Å². The van der Waals surface area contributed by atoms with Gasteiger partial charge in [-0.25, -0.2) is 0 Å². The molecule has 0 radical (unpaired) electrons. The average Bonchev–Trinajstić information content (AvgIpc) is 2.42. The fourth-order valence-corrected chi connectivity index (χ4v) is 2.12. The minimum atomic E-state index is -0.687. The highest BCUT2D eigenvalue weighted by molar-refractivity contribution is 5.71. The van der Waals surface area contributed by atoms with Crippen LogP contribution in [-0.2, 0) is 4.79 Å². The van der Waals surface area contributed by atoms with Gasteiger partial charge in [-0.1, -0.05) is 30.3 Å². The summed E-state index contributed by atoms with van der Waals surface area (Å²) in [6.45, 7) is 4.03. The summed E-state index contributed by atoms with van der Waals surface area (Å²) in [5.41, 5.74) is 4.57. The number of aliphatic hydroxyl groups excluding tert-OH is 1. The maximum atomic E-state index is 10.5. The molecule has 0 fully saturated rings. The average molecular weight is 255 g/mol. The van der Waals surface area contributed by atoms with Gasteiger partial charge < -0.3 is 10.4 Å². The van der Waals surface area contributed by atoms with Crippen molar-refractivity contribution in [2.45, 2.75) is 20.0 Å². The highest BCUT2D eigenvalue weighted by Gasteiger charge is 2.13. The molecule has 3 heteroatoms. The molecule has 19 heavy (non-hydrogen) atoms. The molecular weight excluding hydrogens is 238 g/mol. The summed E-state index contributed by atoms with van der Waals surface area (Å²) in [5.74, 6) is 0. The van der Waals surface area contributed by atoms with Crippen molar-refractivity contribution in [2.75, 3.05) is 5.32 Å². The summed E-state index contributed by atoms with van der Waals surface area (Å²) in [7, 11) is 0. The van der Waals surface area contributed by atoms with E-state index in [1.165, 1.54) is 0 Å². The van der Waals surface area contributed by atoms with Crippen LogP contribution in [-0.4, -0.2) is 11.5 Å². The van der Waals surface area contributed by atoms with Crippen LogP contribution in [0.3, 0.4) is 0 Å². The summed E-state index contributed by atoms with van der Waals surface area (Å²) in [6, 6.07) is 13.1. The van der Waals surface area contributed by atoms with Crippen LogP contribution >= 0.6 is 0 Å². The highest BCUT2D eigenvalue weighted by Crippen LogP contribution is 2.27. The molecule has 0 bridgehead atoms. The van der Waals surface area contributed by atoms with Gasteiger partial charge in [-0.15, -0.1) is 0 Å². The summed E-state index contributed by atoms with van der Waals surface area (Å²) in [5, 5.41) is 13.1. The Kier molecular flexibility index (Phi) is 3.97.